The number of ether oxygens (including phenoxy) is 2. The van der Waals surface area contributed by atoms with Crippen molar-refractivity contribution in [3.63, 3.8) is 0 Å². The molecule has 5 nitrogen and oxygen atoms in total. The molecule has 0 aromatic heterocycles. The minimum atomic E-state index is -0.445. The van der Waals surface area contributed by atoms with E-state index in [1.54, 1.807) is 0 Å². The summed E-state index contributed by atoms with van der Waals surface area (Å²) in [6, 6.07) is 0. The fourth-order valence-electron chi connectivity index (χ4n) is 1.75. The number of hydrogen-bond donors (Lipinski definition) is 1. The highest BCUT2D eigenvalue weighted by Crippen LogP contribution is 2.23. The van der Waals surface area contributed by atoms with E-state index in [0.29, 0.717) is 12.4 Å². The largest absolute Gasteiger partial charge is 0.386 e. The van der Waals surface area contributed by atoms with E-state index in [-0.39, 0.29) is 6.10 Å². The van der Waals surface area contributed by atoms with Crippen LogP contribution in [-0.2, 0) is 9.47 Å². The van der Waals surface area contributed by atoms with E-state index in [2.05, 4.69) is 5.10 Å². The summed E-state index contributed by atoms with van der Waals surface area (Å²) < 4.78 is 11.1. The third-order valence-corrected chi connectivity index (χ3v) is 2.38. The lowest BCUT2D eigenvalue weighted by Crippen LogP contribution is -2.30. The van der Waals surface area contributed by atoms with Crippen LogP contribution in [0.25, 0.3) is 0 Å². The molecule has 0 aliphatic carbocycles. The van der Waals surface area contributed by atoms with Crippen molar-refractivity contribution in [1.82, 2.24) is 5.01 Å². The van der Waals surface area contributed by atoms with E-state index >= 15 is 0 Å². The molecule has 2 N–H and O–H groups in total. The van der Waals surface area contributed by atoms with Gasteiger partial charge in [-0.05, 0) is 13.8 Å². The first-order chi connectivity index (χ1) is 6.55. The quantitative estimate of drug-likeness (QED) is 0.686. The van der Waals surface area contributed by atoms with E-state index in [0.717, 1.165) is 19.5 Å². The van der Waals surface area contributed by atoms with Gasteiger partial charge in [-0.15, -0.1) is 0 Å². The van der Waals surface area contributed by atoms with Gasteiger partial charge in [0.2, 0.25) is 0 Å². The third-order valence-electron chi connectivity index (χ3n) is 2.38. The van der Waals surface area contributed by atoms with Crippen LogP contribution in [0, 0.1) is 0 Å². The van der Waals surface area contributed by atoms with Crippen molar-refractivity contribution in [1.29, 1.82) is 0 Å². The summed E-state index contributed by atoms with van der Waals surface area (Å²) in [7, 11) is 0. The van der Waals surface area contributed by atoms with Crippen molar-refractivity contribution in [2.24, 2.45) is 10.8 Å². The van der Waals surface area contributed by atoms with Gasteiger partial charge in [0.05, 0.1) is 13.2 Å². The summed E-state index contributed by atoms with van der Waals surface area (Å²) in [5.41, 5.74) is 5.59. The molecule has 14 heavy (non-hydrogen) atoms. The Morgan fingerprint density at radius 3 is 2.93 bits per heavy atom. The molecule has 0 aromatic carbocycles. The molecule has 2 aliphatic rings. The molecular weight excluding hydrogens is 182 g/mol. The molecule has 2 aliphatic heterocycles. The van der Waals surface area contributed by atoms with E-state index in [4.69, 9.17) is 15.2 Å². The van der Waals surface area contributed by atoms with Gasteiger partial charge in [0, 0.05) is 13.0 Å². The zero-order chi connectivity index (χ0) is 10.2. The van der Waals surface area contributed by atoms with Crippen LogP contribution in [0.1, 0.15) is 20.3 Å². The normalized spacial score (nSPS) is 30.9. The van der Waals surface area contributed by atoms with E-state index in [9.17, 15) is 0 Å². The topological polar surface area (TPSA) is 60.1 Å². The molecule has 0 saturated carbocycles. The molecule has 80 valence electrons. The fraction of sp³-hybridized carbons (Fsp3) is 0.889. The Balaban J connectivity index is 1.82. The van der Waals surface area contributed by atoms with Crippen LogP contribution in [0.3, 0.4) is 0 Å². The maximum atomic E-state index is 5.67. The molecule has 0 unspecified atom stereocenters. The number of nitrogens with zero attached hydrogens (tertiary/aromatic N) is 2. The van der Waals surface area contributed by atoms with Crippen molar-refractivity contribution in [3.8, 4) is 0 Å². The van der Waals surface area contributed by atoms with Gasteiger partial charge >= 0.3 is 0 Å². The number of hydrogen-bond acceptors (Lipinski definition) is 5. The molecule has 1 atom stereocenters. The van der Waals surface area contributed by atoms with E-state index in [1.807, 2.05) is 18.9 Å². The smallest absolute Gasteiger partial charge is 0.163 e. The van der Waals surface area contributed by atoms with Crippen LogP contribution in [-0.4, -0.2) is 42.4 Å². The monoisotopic (exact) mass is 199 g/mol. The summed E-state index contributed by atoms with van der Waals surface area (Å²) in [4.78, 5) is 0. The van der Waals surface area contributed by atoms with Crippen LogP contribution in [0.5, 0.6) is 0 Å². The van der Waals surface area contributed by atoms with Crippen molar-refractivity contribution >= 4 is 5.84 Å². The molecule has 5 heteroatoms. The lowest BCUT2D eigenvalue weighted by Gasteiger charge is -2.20. The molecular formula is C9H17N3O2. The van der Waals surface area contributed by atoms with Gasteiger partial charge in [-0.1, -0.05) is 0 Å². The highest BCUT2D eigenvalue weighted by Gasteiger charge is 2.33. The van der Waals surface area contributed by atoms with Crippen LogP contribution in [0.4, 0.5) is 0 Å². The first-order valence-corrected chi connectivity index (χ1v) is 4.95. The molecule has 0 amide bonds. The molecule has 2 heterocycles. The Bertz CT molecular complexity index is 252. The summed E-state index contributed by atoms with van der Waals surface area (Å²) in [5, 5.41) is 6.14. The third kappa shape index (κ3) is 2.16. The van der Waals surface area contributed by atoms with Crippen molar-refractivity contribution < 1.29 is 9.47 Å². The summed E-state index contributed by atoms with van der Waals surface area (Å²) >= 11 is 0. The van der Waals surface area contributed by atoms with E-state index < -0.39 is 5.79 Å². The van der Waals surface area contributed by atoms with Gasteiger partial charge in [-0.25, -0.2) is 0 Å². The van der Waals surface area contributed by atoms with Crippen LogP contribution >= 0.6 is 0 Å². The number of amidine groups is 1. The molecule has 1 fully saturated rings. The van der Waals surface area contributed by atoms with Crippen LogP contribution < -0.4 is 5.73 Å². The van der Waals surface area contributed by atoms with Crippen molar-refractivity contribution in [3.05, 3.63) is 0 Å². The number of nitrogens with two attached hydrogens (primary N) is 1. The first-order valence-electron chi connectivity index (χ1n) is 4.95. The SMILES string of the molecule is CC1(C)OC[C@H](CN2CCC(N)=N2)O1. The molecule has 0 spiro atoms. The maximum Gasteiger partial charge on any atom is 0.163 e. The first kappa shape index (κ1) is 9.73. The van der Waals surface area contributed by atoms with Gasteiger partial charge in [-0.3, -0.25) is 5.01 Å². The van der Waals surface area contributed by atoms with Gasteiger partial charge in [-0.2, -0.15) is 5.10 Å². The molecule has 1 saturated heterocycles. The zero-order valence-electron chi connectivity index (χ0n) is 8.69. The Morgan fingerprint density at radius 2 is 2.43 bits per heavy atom. The number of hydrazone groups is 1. The fourth-order valence-corrected chi connectivity index (χ4v) is 1.75. The molecule has 2 rings (SSSR count). The van der Waals surface area contributed by atoms with Gasteiger partial charge < -0.3 is 15.2 Å². The Morgan fingerprint density at radius 1 is 1.64 bits per heavy atom. The predicted molar refractivity (Wildman–Crippen MR) is 52.7 cm³/mol. The highest BCUT2D eigenvalue weighted by atomic mass is 16.7. The average molecular weight is 199 g/mol. The van der Waals surface area contributed by atoms with Crippen molar-refractivity contribution in [2.45, 2.75) is 32.2 Å². The Labute approximate surface area is 83.8 Å². The molecule has 0 aromatic rings. The second-order valence-corrected chi connectivity index (χ2v) is 4.20. The van der Waals surface area contributed by atoms with Gasteiger partial charge in [0.25, 0.3) is 0 Å². The average Bonchev–Trinajstić information content (AvgIpc) is 2.59. The second kappa shape index (κ2) is 3.40. The molecule has 0 radical (unpaired) electrons. The van der Waals surface area contributed by atoms with Crippen LogP contribution in [0.15, 0.2) is 5.10 Å². The minimum Gasteiger partial charge on any atom is -0.386 e. The lowest BCUT2D eigenvalue weighted by atomic mass is 10.3. The van der Waals surface area contributed by atoms with Crippen LogP contribution in [0.2, 0.25) is 0 Å². The summed E-state index contributed by atoms with van der Waals surface area (Å²) in [6.45, 7) is 6.15. The lowest BCUT2D eigenvalue weighted by molar-refractivity contribution is -0.140. The maximum absolute atomic E-state index is 5.67. The zero-order valence-corrected chi connectivity index (χ0v) is 8.69. The van der Waals surface area contributed by atoms with E-state index in [1.165, 1.54) is 0 Å². The minimum absolute atomic E-state index is 0.111. The van der Waals surface area contributed by atoms with Crippen molar-refractivity contribution in [2.75, 3.05) is 19.7 Å². The highest BCUT2D eigenvalue weighted by molar-refractivity contribution is 5.81. The second-order valence-electron chi connectivity index (χ2n) is 4.20. The Hall–Kier alpha value is -0.810. The predicted octanol–water partition coefficient (Wildman–Crippen LogP) is 0.116. The summed E-state index contributed by atoms with van der Waals surface area (Å²) in [5.74, 6) is 0.266. The molecule has 0 bridgehead atoms. The Kier molecular flexibility index (Phi) is 2.36. The van der Waals surface area contributed by atoms with Gasteiger partial charge in [0.1, 0.15) is 11.9 Å². The summed E-state index contributed by atoms with van der Waals surface area (Å²) in [6.07, 6.45) is 0.969. The number of rotatable bonds is 2. The standard InChI is InChI=1S/C9H17N3O2/c1-9(2)13-6-7(14-9)5-12-4-3-8(10)11-12/h7H,3-6H2,1-2H3,(H2,10,11)/t7-/m0/s1. The van der Waals surface area contributed by atoms with Gasteiger partial charge in [0.15, 0.2) is 5.79 Å².